The van der Waals surface area contributed by atoms with E-state index in [0.29, 0.717) is 22.6 Å². The number of hydrogen-bond acceptors (Lipinski definition) is 10. The molecule has 4 atom stereocenters. The number of Topliss-reactive ketones (excluding diaryl/α,β-unsaturated/α-hetero) is 2. The summed E-state index contributed by atoms with van der Waals surface area (Å²) in [5.74, 6) is -5.96. The minimum atomic E-state index is -2.67. The van der Waals surface area contributed by atoms with Gasteiger partial charge in [-0.3, -0.25) is 24.3 Å². The second-order valence-corrected chi connectivity index (χ2v) is 10.0. The molecule has 38 heavy (non-hydrogen) atoms. The number of ketones is 2. The standard InChI is InChI=1S/C27H27N3O8/c1-29-10-12-4-7-17(38-12)13-5-6-16(31)19-14(13)8-11-9-15-21(30(2)3)23(33)20(26(28)36)25(35)27(15,37)24(34)18(11)22(19)32/h4-7,10-11,15,21,31,33-34,37H,8-9H2,1-3H3,(H2,28,36)/b29-10+/t11-,15-,21-,27-/m0/s1. The first-order chi connectivity index (χ1) is 17.9. The summed E-state index contributed by atoms with van der Waals surface area (Å²) in [5, 5.41) is 44.5. The predicted octanol–water partition coefficient (Wildman–Crippen LogP) is 1.43. The molecule has 3 aliphatic carbocycles. The third-order valence-electron chi connectivity index (χ3n) is 7.75. The summed E-state index contributed by atoms with van der Waals surface area (Å²) in [7, 11) is 4.76. The molecule has 1 amide bonds. The van der Waals surface area contributed by atoms with Crippen molar-refractivity contribution < 1.29 is 39.2 Å². The first kappa shape index (κ1) is 25.4. The Bertz CT molecular complexity index is 1500. The van der Waals surface area contributed by atoms with Crippen molar-refractivity contribution in [1.82, 2.24) is 4.90 Å². The fourth-order valence-electron chi connectivity index (χ4n) is 6.18. The summed E-state index contributed by atoms with van der Waals surface area (Å²) in [5.41, 5.74) is 2.59. The van der Waals surface area contributed by atoms with Crippen LogP contribution >= 0.6 is 0 Å². The fraction of sp³-hybridized carbons (Fsp3) is 0.333. The second kappa shape index (κ2) is 8.67. The van der Waals surface area contributed by atoms with Crippen LogP contribution in [0, 0.1) is 11.8 Å². The van der Waals surface area contributed by atoms with Crippen LogP contribution in [-0.2, 0) is 16.0 Å². The molecule has 198 valence electrons. The molecular formula is C27H27N3O8. The minimum absolute atomic E-state index is 0.00670. The zero-order valence-electron chi connectivity index (χ0n) is 20.9. The van der Waals surface area contributed by atoms with Gasteiger partial charge in [-0.05, 0) is 62.7 Å². The topological polar surface area (TPSA) is 187 Å². The van der Waals surface area contributed by atoms with Crippen LogP contribution in [0.1, 0.15) is 28.1 Å². The molecule has 1 aromatic carbocycles. The first-order valence-electron chi connectivity index (χ1n) is 11.9. The number of nitrogens with zero attached hydrogens (tertiary/aromatic N) is 2. The summed E-state index contributed by atoms with van der Waals surface area (Å²) in [4.78, 5) is 44.6. The number of phenols is 1. The Morgan fingerprint density at radius 3 is 2.53 bits per heavy atom. The van der Waals surface area contributed by atoms with Crippen LogP contribution in [0.4, 0.5) is 0 Å². The molecular weight excluding hydrogens is 494 g/mol. The van der Waals surface area contributed by atoms with Crippen molar-refractivity contribution in [3.8, 4) is 17.1 Å². The van der Waals surface area contributed by atoms with Crippen molar-refractivity contribution in [2.45, 2.75) is 24.5 Å². The molecule has 0 spiro atoms. The zero-order chi connectivity index (χ0) is 27.7. The number of aliphatic hydroxyl groups is 3. The van der Waals surface area contributed by atoms with Gasteiger partial charge in [0, 0.05) is 24.1 Å². The highest BCUT2D eigenvalue weighted by molar-refractivity contribution is 6.24. The van der Waals surface area contributed by atoms with Gasteiger partial charge in [0.25, 0.3) is 5.91 Å². The summed E-state index contributed by atoms with van der Waals surface area (Å²) < 4.78 is 5.84. The molecule has 3 aliphatic rings. The first-order valence-corrected chi connectivity index (χ1v) is 11.9. The second-order valence-electron chi connectivity index (χ2n) is 10.0. The van der Waals surface area contributed by atoms with E-state index in [9.17, 15) is 34.8 Å². The molecule has 1 aromatic heterocycles. The molecule has 11 heteroatoms. The van der Waals surface area contributed by atoms with Crippen LogP contribution in [0.5, 0.6) is 5.75 Å². The molecule has 0 saturated heterocycles. The van der Waals surface area contributed by atoms with Gasteiger partial charge in [-0.2, -0.15) is 0 Å². The van der Waals surface area contributed by atoms with E-state index in [-0.39, 0.29) is 29.7 Å². The SMILES string of the molecule is C/N=C/c1ccc(-c2ccc(O)c3c2C[C@H]2C[C@H]4[C@H](N(C)C)C(O)=C(C(N)=O)C(=O)[C@@]4(O)C(O)=C2C3=O)o1. The Labute approximate surface area is 217 Å². The maximum absolute atomic E-state index is 13.8. The van der Waals surface area contributed by atoms with Crippen LogP contribution in [0.2, 0.25) is 0 Å². The number of nitrogens with two attached hydrogens (primary N) is 1. The van der Waals surface area contributed by atoms with Gasteiger partial charge in [-0.15, -0.1) is 0 Å². The quantitative estimate of drug-likeness (QED) is 0.293. The third kappa shape index (κ3) is 3.35. The molecule has 0 bridgehead atoms. The third-order valence-corrected chi connectivity index (χ3v) is 7.75. The number of amides is 1. The number of hydrogen-bond donors (Lipinski definition) is 5. The summed E-state index contributed by atoms with van der Waals surface area (Å²) in [6.45, 7) is 0. The number of allylic oxidation sites excluding steroid dienone is 1. The molecule has 0 fully saturated rings. The number of carbonyl (C=O) groups excluding carboxylic acids is 3. The van der Waals surface area contributed by atoms with E-state index in [0.717, 1.165) is 0 Å². The van der Waals surface area contributed by atoms with Crippen molar-refractivity contribution in [3.63, 3.8) is 0 Å². The molecule has 5 rings (SSSR count). The number of benzene rings is 1. The largest absolute Gasteiger partial charge is 0.510 e. The van der Waals surface area contributed by atoms with Gasteiger partial charge in [0.15, 0.2) is 11.4 Å². The highest BCUT2D eigenvalue weighted by Crippen LogP contribution is 2.53. The van der Waals surface area contributed by atoms with Gasteiger partial charge in [-0.25, -0.2) is 0 Å². The monoisotopic (exact) mass is 521 g/mol. The highest BCUT2D eigenvalue weighted by Gasteiger charge is 2.63. The van der Waals surface area contributed by atoms with E-state index < -0.39 is 58.0 Å². The maximum atomic E-state index is 13.8. The van der Waals surface area contributed by atoms with E-state index in [1.54, 1.807) is 39.3 Å². The van der Waals surface area contributed by atoms with E-state index in [1.165, 1.54) is 17.2 Å². The van der Waals surface area contributed by atoms with Gasteiger partial charge in [0.2, 0.25) is 5.78 Å². The van der Waals surface area contributed by atoms with E-state index in [4.69, 9.17) is 10.2 Å². The lowest BCUT2D eigenvalue weighted by Crippen LogP contribution is -2.63. The van der Waals surface area contributed by atoms with Crippen molar-refractivity contribution >= 4 is 23.7 Å². The lowest BCUT2D eigenvalue weighted by molar-refractivity contribution is -0.148. The highest BCUT2D eigenvalue weighted by atomic mass is 16.4. The number of phenolic OH excluding ortho intramolecular Hbond substituents is 1. The number of likely N-dealkylation sites (N-methyl/N-ethyl adjacent to an activating group) is 1. The molecule has 11 nitrogen and oxygen atoms in total. The average molecular weight is 522 g/mol. The Morgan fingerprint density at radius 1 is 1.18 bits per heavy atom. The van der Waals surface area contributed by atoms with Crippen LogP contribution in [-0.4, -0.2) is 81.8 Å². The van der Waals surface area contributed by atoms with Crippen LogP contribution in [0.3, 0.4) is 0 Å². The number of aliphatic imine (C=N–C) groups is 1. The van der Waals surface area contributed by atoms with Crippen molar-refractivity contribution in [1.29, 1.82) is 0 Å². The Kier molecular flexibility index (Phi) is 5.80. The lowest BCUT2D eigenvalue weighted by atomic mass is 9.58. The molecule has 2 aromatic rings. The van der Waals surface area contributed by atoms with E-state index >= 15 is 0 Å². The Hall–Kier alpha value is -4.22. The molecule has 0 saturated carbocycles. The minimum Gasteiger partial charge on any atom is -0.510 e. The van der Waals surface area contributed by atoms with E-state index in [2.05, 4.69) is 4.99 Å². The average Bonchev–Trinajstić information content (AvgIpc) is 3.29. The summed E-state index contributed by atoms with van der Waals surface area (Å²) >= 11 is 0. The van der Waals surface area contributed by atoms with Gasteiger partial charge < -0.3 is 30.6 Å². The van der Waals surface area contributed by atoms with Crippen molar-refractivity contribution in [2.75, 3.05) is 21.1 Å². The summed E-state index contributed by atoms with van der Waals surface area (Å²) in [6, 6.07) is 5.34. The van der Waals surface area contributed by atoms with Crippen LogP contribution in [0.15, 0.2) is 56.3 Å². The van der Waals surface area contributed by atoms with Crippen molar-refractivity contribution in [3.05, 3.63) is 63.8 Å². The normalized spacial score (nSPS) is 27.1. The molecule has 0 radical (unpaired) electrons. The molecule has 6 N–H and O–H groups in total. The Morgan fingerprint density at radius 2 is 1.89 bits per heavy atom. The number of rotatable bonds is 4. The van der Waals surface area contributed by atoms with Gasteiger partial charge in [0.1, 0.15) is 34.4 Å². The zero-order valence-corrected chi connectivity index (χ0v) is 20.9. The van der Waals surface area contributed by atoms with Crippen LogP contribution in [0.25, 0.3) is 11.3 Å². The number of aromatic hydroxyl groups is 1. The van der Waals surface area contributed by atoms with Gasteiger partial charge in [0.05, 0.1) is 17.8 Å². The predicted molar refractivity (Wildman–Crippen MR) is 135 cm³/mol. The number of fused-ring (bicyclic) bond motifs is 3. The smallest absolute Gasteiger partial charge is 0.255 e. The van der Waals surface area contributed by atoms with Crippen molar-refractivity contribution in [2.24, 2.45) is 22.6 Å². The fourth-order valence-corrected chi connectivity index (χ4v) is 6.18. The number of carbonyl (C=O) groups is 3. The number of primary amides is 1. The Balaban J connectivity index is 1.70. The van der Waals surface area contributed by atoms with Crippen LogP contribution < -0.4 is 5.73 Å². The molecule has 0 unspecified atom stereocenters. The summed E-state index contributed by atoms with van der Waals surface area (Å²) in [6.07, 6.45) is 1.70. The van der Waals surface area contributed by atoms with E-state index in [1.807, 2.05) is 0 Å². The maximum Gasteiger partial charge on any atom is 0.255 e. The van der Waals surface area contributed by atoms with Gasteiger partial charge >= 0.3 is 0 Å². The lowest BCUT2D eigenvalue weighted by Gasteiger charge is -2.50. The molecule has 1 heterocycles. The number of furan rings is 1. The van der Waals surface area contributed by atoms with Gasteiger partial charge in [-0.1, -0.05) is 0 Å². The number of aliphatic hydroxyl groups excluding tert-OH is 2. The molecule has 0 aliphatic heterocycles.